The highest BCUT2D eigenvalue weighted by atomic mass is 16.6. The largest absolute Gasteiger partial charge is 0.444 e. The van der Waals surface area contributed by atoms with E-state index < -0.39 is 23.8 Å². The SMILES string of the molecule is CC(C)(C)OC(=O)NC(Cc1ccccc1)C(=O)N1CC[C@H](O)C1. The highest BCUT2D eigenvalue weighted by Gasteiger charge is 2.32. The summed E-state index contributed by atoms with van der Waals surface area (Å²) in [5.41, 5.74) is 0.320. The molecule has 2 rings (SSSR count). The molecule has 0 aromatic heterocycles. The third-order valence-corrected chi connectivity index (χ3v) is 3.75. The minimum atomic E-state index is -0.715. The van der Waals surface area contributed by atoms with Crippen LogP contribution in [-0.2, 0) is 16.0 Å². The van der Waals surface area contributed by atoms with E-state index in [9.17, 15) is 14.7 Å². The van der Waals surface area contributed by atoms with E-state index in [1.807, 2.05) is 30.3 Å². The Labute approximate surface area is 142 Å². The number of likely N-dealkylation sites (tertiary alicyclic amines) is 1. The number of aliphatic hydroxyl groups is 1. The van der Waals surface area contributed by atoms with Crippen LogP contribution in [0, 0.1) is 0 Å². The maximum atomic E-state index is 12.7. The number of ether oxygens (including phenoxy) is 1. The molecule has 6 nitrogen and oxygen atoms in total. The maximum absolute atomic E-state index is 12.7. The van der Waals surface area contributed by atoms with E-state index in [0.29, 0.717) is 25.9 Å². The zero-order valence-electron chi connectivity index (χ0n) is 14.5. The van der Waals surface area contributed by atoms with Gasteiger partial charge in [0.2, 0.25) is 5.91 Å². The fourth-order valence-electron chi connectivity index (χ4n) is 2.66. The molecule has 24 heavy (non-hydrogen) atoms. The van der Waals surface area contributed by atoms with Gasteiger partial charge in [-0.25, -0.2) is 4.79 Å². The Hall–Kier alpha value is -2.08. The summed E-state index contributed by atoms with van der Waals surface area (Å²) in [6, 6.07) is 8.80. The quantitative estimate of drug-likeness (QED) is 0.879. The summed E-state index contributed by atoms with van der Waals surface area (Å²) >= 11 is 0. The van der Waals surface area contributed by atoms with E-state index in [1.165, 1.54) is 0 Å². The van der Waals surface area contributed by atoms with Gasteiger partial charge in [-0.1, -0.05) is 30.3 Å². The molecule has 132 valence electrons. The van der Waals surface area contributed by atoms with Gasteiger partial charge in [0.15, 0.2) is 0 Å². The molecule has 1 saturated heterocycles. The molecule has 0 spiro atoms. The van der Waals surface area contributed by atoms with Crippen molar-refractivity contribution in [1.29, 1.82) is 0 Å². The number of aliphatic hydroxyl groups excluding tert-OH is 1. The molecule has 2 amide bonds. The third-order valence-electron chi connectivity index (χ3n) is 3.75. The Morgan fingerprint density at radius 1 is 1.33 bits per heavy atom. The molecule has 2 N–H and O–H groups in total. The van der Waals surface area contributed by atoms with Crippen LogP contribution in [0.25, 0.3) is 0 Å². The van der Waals surface area contributed by atoms with Crippen LogP contribution in [0.2, 0.25) is 0 Å². The summed E-state index contributed by atoms with van der Waals surface area (Å²) in [6.45, 7) is 6.13. The lowest BCUT2D eigenvalue weighted by Gasteiger charge is -2.26. The van der Waals surface area contributed by atoms with Crippen LogP contribution in [0.4, 0.5) is 4.79 Å². The fourth-order valence-corrected chi connectivity index (χ4v) is 2.66. The van der Waals surface area contributed by atoms with Crippen molar-refractivity contribution in [3.63, 3.8) is 0 Å². The van der Waals surface area contributed by atoms with Crippen molar-refractivity contribution in [3.05, 3.63) is 35.9 Å². The van der Waals surface area contributed by atoms with Crippen LogP contribution in [0.15, 0.2) is 30.3 Å². The first-order valence-corrected chi connectivity index (χ1v) is 8.25. The Bertz CT molecular complexity index is 568. The highest BCUT2D eigenvalue weighted by molar-refractivity contribution is 5.86. The van der Waals surface area contributed by atoms with Crippen molar-refractivity contribution < 1.29 is 19.4 Å². The van der Waals surface area contributed by atoms with Crippen molar-refractivity contribution in [2.45, 2.75) is 51.4 Å². The van der Waals surface area contributed by atoms with Crippen LogP contribution >= 0.6 is 0 Å². The first-order valence-electron chi connectivity index (χ1n) is 8.25. The molecule has 0 aliphatic carbocycles. The predicted molar refractivity (Wildman–Crippen MR) is 90.5 cm³/mol. The first kappa shape index (κ1) is 18.3. The second-order valence-electron chi connectivity index (χ2n) is 7.12. The van der Waals surface area contributed by atoms with Gasteiger partial charge < -0.3 is 20.1 Å². The second kappa shape index (κ2) is 7.66. The lowest BCUT2D eigenvalue weighted by atomic mass is 10.0. The molecule has 1 fully saturated rings. The second-order valence-corrected chi connectivity index (χ2v) is 7.12. The summed E-state index contributed by atoms with van der Waals surface area (Å²) in [7, 11) is 0. The Kier molecular flexibility index (Phi) is 5.83. The first-order chi connectivity index (χ1) is 11.2. The van der Waals surface area contributed by atoms with Crippen molar-refractivity contribution in [2.75, 3.05) is 13.1 Å². The number of alkyl carbamates (subject to hydrolysis) is 1. The minimum absolute atomic E-state index is 0.193. The summed E-state index contributed by atoms with van der Waals surface area (Å²) in [5, 5.41) is 12.3. The summed E-state index contributed by atoms with van der Waals surface area (Å²) < 4.78 is 5.27. The van der Waals surface area contributed by atoms with Gasteiger partial charge in [0.05, 0.1) is 6.10 Å². The van der Waals surface area contributed by atoms with Gasteiger partial charge in [-0.2, -0.15) is 0 Å². The van der Waals surface area contributed by atoms with Crippen LogP contribution in [0.1, 0.15) is 32.8 Å². The smallest absolute Gasteiger partial charge is 0.408 e. The number of nitrogens with one attached hydrogen (secondary N) is 1. The molecular weight excluding hydrogens is 308 g/mol. The molecule has 1 unspecified atom stereocenters. The van der Waals surface area contributed by atoms with Crippen molar-refractivity contribution in [3.8, 4) is 0 Å². The van der Waals surface area contributed by atoms with E-state index in [2.05, 4.69) is 5.32 Å². The Morgan fingerprint density at radius 2 is 2.00 bits per heavy atom. The van der Waals surface area contributed by atoms with E-state index in [1.54, 1.807) is 25.7 Å². The van der Waals surface area contributed by atoms with Gasteiger partial charge in [0.1, 0.15) is 11.6 Å². The standard InChI is InChI=1S/C18H26N2O4/c1-18(2,3)24-17(23)19-15(11-13-7-5-4-6-8-13)16(22)20-10-9-14(21)12-20/h4-8,14-15,21H,9-12H2,1-3H3,(H,19,23)/t14-,15?/m0/s1. The molecule has 0 bridgehead atoms. The molecular formula is C18H26N2O4. The zero-order chi connectivity index (χ0) is 17.7. The minimum Gasteiger partial charge on any atom is -0.444 e. The maximum Gasteiger partial charge on any atom is 0.408 e. The molecule has 1 aliphatic heterocycles. The van der Waals surface area contributed by atoms with Gasteiger partial charge in [-0.05, 0) is 32.8 Å². The molecule has 1 aromatic rings. The van der Waals surface area contributed by atoms with E-state index in [0.717, 1.165) is 5.56 Å². The van der Waals surface area contributed by atoms with E-state index in [-0.39, 0.29) is 5.91 Å². The number of carbonyl (C=O) groups is 2. The predicted octanol–water partition coefficient (Wildman–Crippen LogP) is 1.72. The molecule has 1 aromatic carbocycles. The fraction of sp³-hybridized carbons (Fsp3) is 0.556. The van der Waals surface area contributed by atoms with Crippen LogP contribution < -0.4 is 5.32 Å². The molecule has 1 heterocycles. The van der Waals surface area contributed by atoms with E-state index in [4.69, 9.17) is 4.74 Å². The highest BCUT2D eigenvalue weighted by Crippen LogP contribution is 2.14. The molecule has 0 saturated carbocycles. The lowest BCUT2D eigenvalue weighted by molar-refractivity contribution is -0.132. The van der Waals surface area contributed by atoms with Crippen LogP contribution in [0.3, 0.4) is 0 Å². The van der Waals surface area contributed by atoms with Crippen LogP contribution in [0.5, 0.6) is 0 Å². The van der Waals surface area contributed by atoms with E-state index >= 15 is 0 Å². The van der Waals surface area contributed by atoms with Gasteiger partial charge in [0.25, 0.3) is 0 Å². The number of hydrogen-bond donors (Lipinski definition) is 2. The molecule has 0 radical (unpaired) electrons. The number of rotatable bonds is 4. The Balaban J connectivity index is 2.08. The number of carbonyl (C=O) groups excluding carboxylic acids is 2. The van der Waals surface area contributed by atoms with Gasteiger partial charge in [-0.15, -0.1) is 0 Å². The lowest BCUT2D eigenvalue weighted by Crippen LogP contribution is -2.50. The number of β-amino-alcohol motifs (C(OH)–C–C–N with tert-alkyl or cyclic N) is 1. The average Bonchev–Trinajstić information content (AvgIpc) is 2.91. The summed E-state index contributed by atoms with van der Waals surface area (Å²) in [4.78, 5) is 26.4. The normalized spacial score (nSPS) is 19.0. The molecule has 1 aliphatic rings. The number of amides is 2. The van der Waals surface area contributed by atoms with Crippen molar-refractivity contribution >= 4 is 12.0 Å². The van der Waals surface area contributed by atoms with Gasteiger partial charge in [-0.3, -0.25) is 4.79 Å². The number of benzene rings is 1. The number of hydrogen-bond acceptors (Lipinski definition) is 4. The Morgan fingerprint density at radius 3 is 2.54 bits per heavy atom. The van der Waals surface area contributed by atoms with Crippen molar-refractivity contribution in [1.82, 2.24) is 10.2 Å². The zero-order valence-corrected chi connectivity index (χ0v) is 14.5. The van der Waals surface area contributed by atoms with Gasteiger partial charge >= 0.3 is 6.09 Å². The average molecular weight is 334 g/mol. The van der Waals surface area contributed by atoms with Crippen molar-refractivity contribution in [2.24, 2.45) is 0 Å². The number of nitrogens with zero attached hydrogens (tertiary/aromatic N) is 1. The summed E-state index contributed by atoms with van der Waals surface area (Å²) in [5.74, 6) is -0.193. The molecule has 2 atom stereocenters. The molecule has 6 heteroatoms. The van der Waals surface area contributed by atoms with Gasteiger partial charge in [0, 0.05) is 19.5 Å². The third kappa shape index (κ3) is 5.53. The van der Waals surface area contributed by atoms with Crippen LogP contribution in [-0.4, -0.2) is 52.8 Å². The topological polar surface area (TPSA) is 78.9 Å². The summed E-state index contributed by atoms with van der Waals surface area (Å²) in [6.07, 6.45) is -0.161. The monoisotopic (exact) mass is 334 g/mol.